The monoisotopic (exact) mass is 1070 g/mol. The van der Waals surface area contributed by atoms with Crippen molar-refractivity contribution in [1.29, 1.82) is 0 Å². The highest BCUT2D eigenvalue weighted by molar-refractivity contribution is 7.87. The molecule has 0 saturated carbocycles. The average Bonchev–Trinajstić information content (AvgIpc) is 3.82. The molecule has 23 nitrogen and oxygen atoms in total. The van der Waals surface area contributed by atoms with Crippen LogP contribution in [0.2, 0.25) is 0 Å². The van der Waals surface area contributed by atoms with Gasteiger partial charge in [0.25, 0.3) is 40.5 Å². The maximum atomic E-state index is 12.3. The highest BCUT2D eigenvalue weighted by Gasteiger charge is 2.24. The van der Waals surface area contributed by atoms with E-state index in [2.05, 4.69) is 40.9 Å². The summed E-state index contributed by atoms with van der Waals surface area (Å²) in [6.07, 6.45) is 0. The van der Waals surface area contributed by atoms with Gasteiger partial charge in [-0.05, 0) is 84.2 Å². The lowest BCUT2D eigenvalue weighted by Gasteiger charge is -2.11. The first-order valence-electron chi connectivity index (χ1n) is 21.1. The summed E-state index contributed by atoms with van der Waals surface area (Å²) in [5.74, 6) is -0.110. The Balaban J connectivity index is 0.991. The Hall–Kier alpha value is -8.54. The van der Waals surface area contributed by atoms with Crippen molar-refractivity contribution in [1.82, 2.24) is 15.0 Å². The number of hydrogen-bond donors (Lipinski definition) is 5. The molecule has 0 aliphatic rings. The predicted molar refractivity (Wildman–Crippen MR) is 268 cm³/mol. The highest BCUT2D eigenvalue weighted by atomic mass is 32.2. The lowest BCUT2D eigenvalue weighted by molar-refractivity contribution is 0.416. The van der Waals surface area contributed by atoms with Gasteiger partial charge in [-0.25, -0.2) is 0 Å². The topological polar surface area (TPSA) is 352 Å². The van der Waals surface area contributed by atoms with Gasteiger partial charge in [0, 0.05) is 43.8 Å². The number of phenolic OH excluding ortho intramolecular Hbond substituents is 1. The van der Waals surface area contributed by atoms with Gasteiger partial charge in [0.2, 0.25) is 0 Å². The van der Waals surface area contributed by atoms with Crippen molar-refractivity contribution in [3.8, 4) is 17.2 Å². The van der Waals surface area contributed by atoms with Gasteiger partial charge < -0.3 is 9.84 Å². The molecule has 0 unspecified atom stereocenters. The van der Waals surface area contributed by atoms with E-state index in [0.29, 0.717) is 38.7 Å². The Bertz CT molecular complexity index is 4630. The molecule has 0 atom stereocenters. The van der Waals surface area contributed by atoms with Crippen LogP contribution in [0.15, 0.2) is 190 Å². The maximum absolute atomic E-state index is 12.3. The van der Waals surface area contributed by atoms with Gasteiger partial charge in [-0.2, -0.15) is 38.5 Å². The molecule has 27 heteroatoms. The Morgan fingerprint density at radius 1 is 0.446 bits per heavy atom. The highest BCUT2D eigenvalue weighted by Crippen LogP contribution is 2.45. The lowest BCUT2D eigenvalue weighted by Crippen LogP contribution is -2.04. The summed E-state index contributed by atoms with van der Waals surface area (Å²) in [6.45, 7) is 0. The number of methoxy groups -OCH3 is 1. The fourth-order valence-corrected chi connectivity index (χ4v) is 10.6. The number of aromatic hydroxyl groups is 1. The summed E-state index contributed by atoms with van der Waals surface area (Å²) in [6, 6.07) is 32.8. The number of fused-ring (bicyclic) bond motifs is 6. The van der Waals surface area contributed by atoms with Gasteiger partial charge >= 0.3 is 0 Å². The lowest BCUT2D eigenvalue weighted by atomic mass is 10.1. The summed E-state index contributed by atoms with van der Waals surface area (Å²) in [7, 11) is -17.8. The number of rotatable bonds is 12. The van der Waals surface area contributed by atoms with Crippen molar-refractivity contribution in [3.05, 3.63) is 140 Å². The second-order valence-electron chi connectivity index (χ2n) is 16.0. The molecule has 1 aromatic heterocycles. The molecular weight excluding hydrogens is 1040 g/mol. The molecule has 0 aliphatic carbocycles. The number of azo groups is 3. The zero-order chi connectivity index (χ0) is 52.5. The maximum Gasteiger partial charge on any atom is 0.296 e. The third kappa shape index (κ3) is 9.27. The van der Waals surface area contributed by atoms with Crippen LogP contribution in [0, 0.1) is 0 Å². The van der Waals surface area contributed by atoms with Crippen molar-refractivity contribution >= 4 is 129 Å². The van der Waals surface area contributed by atoms with Crippen LogP contribution in [0.5, 0.6) is 11.5 Å². The van der Waals surface area contributed by atoms with Gasteiger partial charge in [-0.15, -0.1) is 40.9 Å². The zero-order valence-corrected chi connectivity index (χ0v) is 40.6. The van der Waals surface area contributed by atoms with Crippen molar-refractivity contribution < 1.29 is 61.7 Å². The Morgan fingerprint density at radius 3 is 1.74 bits per heavy atom. The molecule has 10 aromatic rings. The van der Waals surface area contributed by atoms with Crippen LogP contribution < -0.4 is 4.74 Å². The first-order valence-corrected chi connectivity index (χ1v) is 26.8. The van der Waals surface area contributed by atoms with Crippen LogP contribution in [-0.2, 0) is 40.5 Å². The summed E-state index contributed by atoms with van der Waals surface area (Å²) < 4.78 is 142. The fraction of sp³-hybridized carbons (Fsp3) is 0.0213. The third-order valence-electron chi connectivity index (χ3n) is 11.5. The summed E-state index contributed by atoms with van der Waals surface area (Å²) >= 11 is 0. The third-order valence-corrected chi connectivity index (χ3v) is 15.0. The van der Waals surface area contributed by atoms with E-state index in [1.807, 2.05) is 0 Å². The minimum atomic E-state index is -4.96. The molecule has 372 valence electrons. The molecule has 74 heavy (non-hydrogen) atoms. The second-order valence-corrected chi connectivity index (χ2v) is 21.7. The van der Waals surface area contributed by atoms with Gasteiger partial charge in [0.05, 0.1) is 39.7 Å². The van der Waals surface area contributed by atoms with E-state index in [1.165, 1.54) is 96.8 Å². The van der Waals surface area contributed by atoms with Crippen LogP contribution >= 0.6 is 0 Å². The number of nitrogens with zero attached hydrogens (tertiary/aromatic N) is 9. The van der Waals surface area contributed by atoms with E-state index in [4.69, 9.17) is 4.74 Å². The summed E-state index contributed by atoms with van der Waals surface area (Å²) in [4.78, 5) is -1.29. The Labute approximate surface area is 417 Å². The number of hydrogen-bond acceptors (Lipinski definition) is 18. The van der Waals surface area contributed by atoms with Crippen LogP contribution in [0.1, 0.15) is 0 Å². The van der Waals surface area contributed by atoms with Crippen molar-refractivity contribution in [2.24, 2.45) is 30.7 Å². The van der Waals surface area contributed by atoms with Gasteiger partial charge in [-0.3, -0.25) is 18.2 Å². The SMILES string of the molecule is COc1cc(N=Nc2ccccc2S(=O)(=O)O)c2ccccc2c1N=Nc1ccc(N=Nc2ccc3cc(-n4nc5ccc6c(S(=O)(=O)O)cc(S(=O)(=O)O)cc6c5n4)ccc3c2O)c2cc(S(=O)(=O)O)ccc12. The second kappa shape index (κ2) is 18.2. The van der Waals surface area contributed by atoms with Crippen molar-refractivity contribution in [2.45, 2.75) is 19.6 Å². The van der Waals surface area contributed by atoms with E-state index in [9.17, 15) is 57.0 Å². The molecule has 0 bridgehead atoms. The van der Waals surface area contributed by atoms with Gasteiger partial charge in [-0.1, -0.05) is 54.6 Å². The number of aromatic nitrogens is 3. The molecule has 0 amide bonds. The molecule has 0 saturated heterocycles. The van der Waals surface area contributed by atoms with Crippen molar-refractivity contribution in [2.75, 3.05) is 7.11 Å². The summed E-state index contributed by atoms with van der Waals surface area (Å²) in [5.41, 5.74) is 1.32. The standard InChI is InChI=1S/C47H31N9O14S4/c1-70-42-24-41(52-50-38-8-4-5-9-43(38)73(64,65)66)30-6-2-3-7-33(30)46(42)53-49-36-18-19-37(34-21-27(71(58,59)60)12-14-31(34)36)48-51-40-16-10-25-20-26(11-13-29(25)47(40)57)56-54-39-17-15-32-35(45(39)55-56)22-28(72(61,62)63)23-44(32)74(67,68)69/h2-24,57H,1H3,(H,58,59,60)(H,61,62,63)(H,64,65,66)(H,67,68,69). The molecule has 0 aliphatic heterocycles. The van der Waals surface area contributed by atoms with E-state index < -0.39 is 60.1 Å². The first kappa shape index (κ1) is 49.1. The molecular formula is C47H31N9O14S4. The van der Waals surface area contributed by atoms with E-state index in [0.717, 1.165) is 6.07 Å². The van der Waals surface area contributed by atoms with Gasteiger partial charge in [0.1, 0.15) is 43.6 Å². The number of phenols is 1. The fourth-order valence-electron chi connectivity index (χ4n) is 8.09. The summed E-state index contributed by atoms with van der Waals surface area (Å²) in [5, 5.41) is 48.5. The Morgan fingerprint density at radius 2 is 1.03 bits per heavy atom. The predicted octanol–water partition coefficient (Wildman–Crippen LogP) is 11.0. The molecule has 0 spiro atoms. The smallest absolute Gasteiger partial charge is 0.296 e. The van der Waals surface area contributed by atoms with E-state index >= 15 is 0 Å². The largest absolute Gasteiger partial charge is 0.505 e. The average molecular weight is 1070 g/mol. The van der Waals surface area contributed by atoms with Gasteiger partial charge in [0.15, 0.2) is 5.75 Å². The van der Waals surface area contributed by atoms with Crippen molar-refractivity contribution in [3.63, 3.8) is 0 Å². The first-order chi connectivity index (χ1) is 35.1. The molecule has 1 heterocycles. The van der Waals surface area contributed by atoms with Crippen LogP contribution in [0.25, 0.3) is 59.8 Å². The van der Waals surface area contributed by atoms with E-state index in [-0.39, 0.29) is 72.8 Å². The van der Waals surface area contributed by atoms with Crippen LogP contribution in [-0.4, -0.2) is 79.1 Å². The molecule has 0 fully saturated rings. The van der Waals surface area contributed by atoms with Crippen LogP contribution in [0.3, 0.4) is 0 Å². The minimum Gasteiger partial charge on any atom is -0.505 e. The number of ether oxygens (including phenoxy) is 1. The zero-order valence-electron chi connectivity index (χ0n) is 37.3. The molecule has 0 radical (unpaired) electrons. The van der Waals surface area contributed by atoms with E-state index in [1.54, 1.807) is 42.5 Å². The minimum absolute atomic E-state index is 0.00334. The Kier molecular flexibility index (Phi) is 12.1. The normalized spacial score (nSPS) is 13.0. The molecule has 5 N–H and O–H groups in total. The number of benzene rings is 9. The molecule has 10 rings (SSSR count). The van der Waals surface area contributed by atoms with Crippen LogP contribution in [0.4, 0.5) is 34.1 Å². The quantitative estimate of drug-likeness (QED) is 0.0560. The molecule has 9 aromatic carbocycles.